The Morgan fingerprint density at radius 2 is 2.04 bits per heavy atom. The molecule has 0 spiro atoms. The van der Waals surface area contributed by atoms with Gasteiger partial charge in [-0.3, -0.25) is 4.79 Å². The van der Waals surface area contributed by atoms with Crippen LogP contribution >= 0.6 is 23.2 Å². The molecule has 1 amide bonds. The van der Waals surface area contributed by atoms with Gasteiger partial charge >= 0.3 is 0 Å². The second-order valence-corrected chi connectivity index (χ2v) is 9.79. The Balaban J connectivity index is 1.83. The average molecular weight is 430 g/mol. The van der Waals surface area contributed by atoms with Crippen LogP contribution in [0.4, 0.5) is 0 Å². The van der Waals surface area contributed by atoms with Gasteiger partial charge in [0.05, 0.1) is 23.1 Å². The quantitative estimate of drug-likeness (QED) is 0.674. The van der Waals surface area contributed by atoms with Gasteiger partial charge in [0.1, 0.15) is 11.5 Å². The van der Waals surface area contributed by atoms with Gasteiger partial charge < -0.3 is 9.32 Å². The largest absolute Gasteiger partial charge is 0.459 e. The molecule has 2 aromatic rings. The van der Waals surface area contributed by atoms with Crippen molar-refractivity contribution in [1.82, 2.24) is 4.90 Å². The standard InChI is InChI=1S/C19H21Cl2NO4S/c1-2-3-19(23)22(14-8-9-27(24,25)12-14)11-15-5-7-18(26-15)16-10-13(20)4-6-17(16)21/h4-7,10,14H,2-3,8-9,11-12H2,1H3/t14-/m1/s1. The van der Waals surface area contributed by atoms with Crippen LogP contribution in [0.3, 0.4) is 0 Å². The van der Waals surface area contributed by atoms with Crippen LogP contribution in [-0.4, -0.2) is 36.8 Å². The molecule has 5 nitrogen and oxygen atoms in total. The normalized spacial score (nSPS) is 18.6. The summed E-state index contributed by atoms with van der Waals surface area (Å²) in [5.74, 6) is 1.21. The van der Waals surface area contributed by atoms with Gasteiger partial charge in [-0.2, -0.15) is 0 Å². The van der Waals surface area contributed by atoms with E-state index in [0.717, 1.165) is 0 Å². The Morgan fingerprint density at radius 3 is 2.70 bits per heavy atom. The average Bonchev–Trinajstić information content (AvgIpc) is 3.21. The molecule has 0 radical (unpaired) electrons. The third-order valence-corrected chi connectivity index (χ3v) is 6.93. The Hall–Kier alpha value is -1.50. The molecule has 0 aliphatic carbocycles. The predicted molar refractivity (Wildman–Crippen MR) is 107 cm³/mol. The van der Waals surface area contributed by atoms with E-state index in [0.29, 0.717) is 46.4 Å². The van der Waals surface area contributed by atoms with Gasteiger partial charge in [-0.25, -0.2) is 8.42 Å². The number of benzene rings is 1. The Bertz CT molecular complexity index is 939. The summed E-state index contributed by atoms with van der Waals surface area (Å²) in [6, 6.07) is 8.36. The van der Waals surface area contributed by atoms with Crippen LogP contribution in [0, 0.1) is 0 Å². The fourth-order valence-corrected chi connectivity index (χ4v) is 5.37. The number of nitrogens with zero attached hydrogens (tertiary/aromatic N) is 1. The molecule has 1 aromatic carbocycles. The van der Waals surface area contributed by atoms with Gasteiger partial charge in [0, 0.05) is 23.0 Å². The van der Waals surface area contributed by atoms with Crippen molar-refractivity contribution >= 4 is 38.9 Å². The number of sulfone groups is 1. The van der Waals surface area contributed by atoms with Crippen molar-refractivity contribution in [3.8, 4) is 11.3 Å². The lowest BCUT2D eigenvalue weighted by Gasteiger charge is -2.27. The molecule has 1 fully saturated rings. The molecule has 3 rings (SSSR count). The Labute approximate surface area is 169 Å². The van der Waals surface area contributed by atoms with Crippen LogP contribution in [-0.2, 0) is 21.2 Å². The molecular formula is C19H21Cl2NO4S. The third-order valence-electron chi connectivity index (χ3n) is 4.62. The summed E-state index contributed by atoms with van der Waals surface area (Å²) in [5, 5.41) is 1.06. The van der Waals surface area contributed by atoms with Gasteiger partial charge in [-0.15, -0.1) is 0 Å². The van der Waals surface area contributed by atoms with E-state index in [1.165, 1.54) is 0 Å². The van der Waals surface area contributed by atoms with Crippen LogP contribution in [0.25, 0.3) is 11.3 Å². The van der Waals surface area contributed by atoms with Crippen molar-refractivity contribution in [1.29, 1.82) is 0 Å². The number of amides is 1. The van der Waals surface area contributed by atoms with E-state index < -0.39 is 9.84 Å². The van der Waals surface area contributed by atoms with Crippen molar-refractivity contribution < 1.29 is 17.6 Å². The zero-order valence-electron chi connectivity index (χ0n) is 15.0. The van der Waals surface area contributed by atoms with E-state index in [1.54, 1.807) is 35.2 Å². The topological polar surface area (TPSA) is 67.6 Å². The maximum atomic E-state index is 12.6. The van der Waals surface area contributed by atoms with Gasteiger partial charge in [0.2, 0.25) is 5.91 Å². The summed E-state index contributed by atoms with van der Waals surface area (Å²) >= 11 is 12.3. The smallest absolute Gasteiger partial charge is 0.223 e. The first-order valence-electron chi connectivity index (χ1n) is 8.83. The van der Waals surface area contributed by atoms with Crippen molar-refractivity contribution in [3.05, 3.63) is 46.1 Å². The van der Waals surface area contributed by atoms with Crippen LogP contribution in [0.1, 0.15) is 31.9 Å². The highest BCUT2D eigenvalue weighted by Gasteiger charge is 2.34. The van der Waals surface area contributed by atoms with E-state index in [-0.39, 0.29) is 30.0 Å². The minimum absolute atomic E-state index is 0.0101. The lowest BCUT2D eigenvalue weighted by Crippen LogP contribution is -2.40. The first-order chi connectivity index (χ1) is 12.8. The highest BCUT2D eigenvalue weighted by molar-refractivity contribution is 7.91. The van der Waals surface area contributed by atoms with Crippen LogP contribution in [0.5, 0.6) is 0 Å². The van der Waals surface area contributed by atoms with E-state index in [4.69, 9.17) is 27.6 Å². The SMILES string of the molecule is CCCC(=O)N(Cc1ccc(-c2cc(Cl)ccc2Cl)o1)[C@@H]1CCS(=O)(=O)C1. The molecule has 1 aliphatic rings. The molecule has 0 unspecified atom stereocenters. The van der Waals surface area contributed by atoms with E-state index in [2.05, 4.69) is 0 Å². The zero-order chi connectivity index (χ0) is 19.6. The van der Waals surface area contributed by atoms with Crippen LogP contribution in [0.15, 0.2) is 34.7 Å². The molecule has 8 heteroatoms. The van der Waals surface area contributed by atoms with Gasteiger partial charge in [-0.05, 0) is 43.2 Å². The maximum absolute atomic E-state index is 12.6. The second-order valence-electron chi connectivity index (χ2n) is 6.72. The Kier molecular flexibility index (Phi) is 6.18. The zero-order valence-corrected chi connectivity index (χ0v) is 17.3. The van der Waals surface area contributed by atoms with E-state index >= 15 is 0 Å². The number of rotatable bonds is 6. The van der Waals surface area contributed by atoms with E-state index in [9.17, 15) is 13.2 Å². The minimum Gasteiger partial charge on any atom is -0.459 e. The second kappa shape index (κ2) is 8.25. The first kappa shape index (κ1) is 20.2. The monoisotopic (exact) mass is 429 g/mol. The molecule has 1 aliphatic heterocycles. The number of furan rings is 1. The van der Waals surface area contributed by atoms with Crippen molar-refractivity contribution in [2.75, 3.05) is 11.5 Å². The first-order valence-corrected chi connectivity index (χ1v) is 11.4. The van der Waals surface area contributed by atoms with Crippen molar-refractivity contribution in [2.24, 2.45) is 0 Å². The molecule has 146 valence electrons. The van der Waals surface area contributed by atoms with Gasteiger partial charge in [-0.1, -0.05) is 30.1 Å². The Morgan fingerprint density at radius 1 is 1.26 bits per heavy atom. The lowest BCUT2D eigenvalue weighted by atomic mass is 10.1. The number of hydrogen-bond donors (Lipinski definition) is 0. The molecule has 2 heterocycles. The van der Waals surface area contributed by atoms with Gasteiger partial charge in [0.15, 0.2) is 9.84 Å². The van der Waals surface area contributed by atoms with Crippen LogP contribution in [0.2, 0.25) is 10.0 Å². The molecule has 1 atom stereocenters. The molecule has 1 saturated heterocycles. The summed E-state index contributed by atoms with van der Waals surface area (Å²) in [5.41, 5.74) is 0.672. The highest BCUT2D eigenvalue weighted by Crippen LogP contribution is 2.32. The summed E-state index contributed by atoms with van der Waals surface area (Å²) < 4.78 is 29.6. The summed E-state index contributed by atoms with van der Waals surface area (Å²) in [6.07, 6.45) is 1.55. The molecule has 1 aromatic heterocycles. The molecule has 0 saturated carbocycles. The van der Waals surface area contributed by atoms with Crippen molar-refractivity contribution in [3.63, 3.8) is 0 Å². The number of carbonyl (C=O) groups excluding carboxylic acids is 1. The fourth-order valence-electron chi connectivity index (χ4n) is 3.26. The fraction of sp³-hybridized carbons (Fsp3) is 0.421. The molecule has 0 N–H and O–H groups in total. The highest BCUT2D eigenvalue weighted by atomic mass is 35.5. The maximum Gasteiger partial charge on any atom is 0.223 e. The third kappa shape index (κ3) is 4.86. The predicted octanol–water partition coefficient (Wildman–Crippen LogP) is 4.57. The molecule has 0 bridgehead atoms. The number of halogens is 2. The minimum atomic E-state index is -3.09. The summed E-state index contributed by atoms with van der Waals surface area (Å²) in [7, 11) is -3.09. The van der Waals surface area contributed by atoms with Crippen LogP contribution < -0.4 is 0 Å². The molecular weight excluding hydrogens is 409 g/mol. The van der Waals surface area contributed by atoms with Gasteiger partial charge in [0.25, 0.3) is 0 Å². The van der Waals surface area contributed by atoms with E-state index in [1.807, 2.05) is 6.92 Å². The molecule has 27 heavy (non-hydrogen) atoms. The number of hydrogen-bond acceptors (Lipinski definition) is 4. The van der Waals surface area contributed by atoms with Crippen molar-refractivity contribution in [2.45, 2.75) is 38.8 Å². The lowest BCUT2D eigenvalue weighted by molar-refractivity contribution is -0.134. The number of carbonyl (C=O) groups is 1. The summed E-state index contributed by atoms with van der Waals surface area (Å²) in [4.78, 5) is 14.2. The summed E-state index contributed by atoms with van der Waals surface area (Å²) in [6.45, 7) is 2.16.